The normalized spacial score (nSPS) is 25.2. The molecule has 0 atom stereocenters. The lowest BCUT2D eigenvalue weighted by atomic mass is 9.80. The van der Waals surface area contributed by atoms with Gasteiger partial charge in [0.05, 0.1) is 17.4 Å². The van der Waals surface area contributed by atoms with Gasteiger partial charge in [-0.2, -0.15) is 5.10 Å². The van der Waals surface area contributed by atoms with Crippen LogP contribution >= 0.6 is 0 Å². The second-order valence-corrected chi connectivity index (χ2v) is 5.54. The van der Waals surface area contributed by atoms with E-state index in [0.29, 0.717) is 0 Å². The molecule has 1 N–H and O–H groups in total. The first-order valence-electron chi connectivity index (χ1n) is 6.74. The predicted octanol–water partition coefficient (Wildman–Crippen LogP) is 2.13. The molecule has 0 radical (unpaired) electrons. The molecule has 86 valence electrons. The first-order valence-corrected chi connectivity index (χ1v) is 6.74. The highest BCUT2D eigenvalue weighted by Gasteiger charge is 2.34. The molecule has 1 aliphatic heterocycles. The fourth-order valence-corrected chi connectivity index (χ4v) is 3.03. The Morgan fingerprint density at radius 2 is 2.06 bits per heavy atom. The number of nitrogens with one attached hydrogen (secondary N) is 1. The maximum absolute atomic E-state index is 4.95. The monoisotopic (exact) mass is 217 g/mol. The number of fused-ring (bicyclic) bond motifs is 1. The highest BCUT2D eigenvalue weighted by molar-refractivity contribution is 5.33. The smallest absolute Gasteiger partial charge is 0.0691 e. The van der Waals surface area contributed by atoms with Gasteiger partial charge in [0.15, 0.2) is 0 Å². The minimum absolute atomic E-state index is 0.738. The van der Waals surface area contributed by atoms with E-state index in [1.54, 1.807) is 5.56 Å². The zero-order chi connectivity index (χ0) is 10.5. The van der Waals surface area contributed by atoms with Gasteiger partial charge in [0, 0.05) is 12.5 Å². The molecule has 2 aliphatic carbocycles. The molecule has 2 saturated carbocycles. The van der Waals surface area contributed by atoms with Crippen molar-refractivity contribution in [3.63, 3.8) is 0 Å². The predicted molar refractivity (Wildman–Crippen MR) is 62.5 cm³/mol. The number of hydrogen-bond acceptors (Lipinski definition) is 2. The summed E-state index contributed by atoms with van der Waals surface area (Å²) >= 11 is 0. The van der Waals surface area contributed by atoms with Gasteiger partial charge >= 0.3 is 0 Å². The van der Waals surface area contributed by atoms with E-state index in [4.69, 9.17) is 5.10 Å². The van der Waals surface area contributed by atoms with Gasteiger partial charge in [-0.1, -0.05) is 6.42 Å². The molecule has 0 unspecified atom stereocenters. The Morgan fingerprint density at radius 1 is 1.19 bits per heavy atom. The second-order valence-electron chi connectivity index (χ2n) is 5.54. The first kappa shape index (κ1) is 9.23. The molecular formula is C13H19N3. The number of nitrogens with zero attached hydrogens (tertiary/aromatic N) is 2. The molecule has 2 fully saturated rings. The van der Waals surface area contributed by atoms with Crippen LogP contribution in [-0.4, -0.2) is 16.3 Å². The first-order chi connectivity index (χ1) is 7.93. The van der Waals surface area contributed by atoms with Crippen molar-refractivity contribution in [2.75, 3.05) is 6.54 Å². The molecule has 3 nitrogen and oxygen atoms in total. The topological polar surface area (TPSA) is 29.9 Å². The molecule has 16 heavy (non-hydrogen) atoms. The van der Waals surface area contributed by atoms with Crippen molar-refractivity contribution in [2.45, 2.75) is 57.0 Å². The van der Waals surface area contributed by atoms with Gasteiger partial charge in [-0.3, -0.25) is 4.68 Å². The Bertz CT molecular complexity index is 413. The number of aromatic nitrogens is 2. The summed E-state index contributed by atoms with van der Waals surface area (Å²) in [6.07, 6.45) is 8.06. The summed E-state index contributed by atoms with van der Waals surface area (Å²) in [6, 6.07) is 0.738. The standard InChI is InChI=1S/C13H19N3/c1-2-9(3-1)13-11-6-7-14-8-12(11)16(15-13)10-4-5-10/h9-10,14H,1-8H2. The van der Waals surface area contributed by atoms with Crippen molar-refractivity contribution in [3.05, 3.63) is 17.0 Å². The van der Waals surface area contributed by atoms with Crippen LogP contribution in [0.1, 0.15) is 61.0 Å². The molecule has 4 rings (SSSR count). The van der Waals surface area contributed by atoms with Crippen LogP contribution in [-0.2, 0) is 13.0 Å². The summed E-state index contributed by atoms with van der Waals surface area (Å²) in [6.45, 7) is 2.19. The van der Waals surface area contributed by atoms with Crippen molar-refractivity contribution in [2.24, 2.45) is 0 Å². The maximum Gasteiger partial charge on any atom is 0.0691 e. The molecule has 0 spiro atoms. The molecule has 0 bridgehead atoms. The van der Waals surface area contributed by atoms with Crippen molar-refractivity contribution < 1.29 is 0 Å². The molecule has 3 heteroatoms. The summed E-state index contributed by atoms with van der Waals surface area (Å²) < 4.78 is 2.36. The number of hydrogen-bond donors (Lipinski definition) is 1. The Balaban J connectivity index is 1.79. The van der Waals surface area contributed by atoms with Gasteiger partial charge in [-0.25, -0.2) is 0 Å². The molecule has 0 saturated heterocycles. The fourth-order valence-electron chi connectivity index (χ4n) is 3.03. The maximum atomic E-state index is 4.95. The molecule has 0 aromatic carbocycles. The van der Waals surface area contributed by atoms with E-state index < -0.39 is 0 Å². The van der Waals surface area contributed by atoms with Gasteiger partial charge in [0.2, 0.25) is 0 Å². The minimum Gasteiger partial charge on any atom is -0.311 e. The van der Waals surface area contributed by atoms with E-state index in [0.717, 1.165) is 25.0 Å². The lowest BCUT2D eigenvalue weighted by Crippen LogP contribution is -2.25. The minimum atomic E-state index is 0.738. The summed E-state index contributed by atoms with van der Waals surface area (Å²) in [5.74, 6) is 0.798. The molecule has 1 aromatic rings. The van der Waals surface area contributed by atoms with E-state index >= 15 is 0 Å². The van der Waals surface area contributed by atoms with Gasteiger partial charge in [-0.15, -0.1) is 0 Å². The van der Waals surface area contributed by atoms with Gasteiger partial charge in [0.25, 0.3) is 0 Å². The van der Waals surface area contributed by atoms with Crippen LogP contribution in [0.5, 0.6) is 0 Å². The van der Waals surface area contributed by atoms with Crippen molar-refractivity contribution >= 4 is 0 Å². The summed E-state index contributed by atoms with van der Waals surface area (Å²) in [7, 11) is 0. The second kappa shape index (κ2) is 3.33. The van der Waals surface area contributed by atoms with E-state index in [2.05, 4.69) is 10.00 Å². The van der Waals surface area contributed by atoms with Crippen LogP contribution < -0.4 is 5.32 Å². The lowest BCUT2D eigenvalue weighted by Gasteiger charge is -2.25. The van der Waals surface area contributed by atoms with Gasteiger partial charge < -0.3 is 5.32 Å². The average Bonchev–Trinajstić information content (AvgIpc) is 3.01. The summed E-state index contributed by atoms with van der Waals surface area (Å²) in [4.78, 5) is 0. The van der Waals surface area contributed by atoms with Crippen LogP contribution in [0.3, 0.4) is 0 Å². The van der Waals surface area contributed by atoms with Gasteiger partial charge in [0.1, 0.15) is 0 Å². The SMILES string of the molecule is C1CC(c2nn(C3CC3)c3c2CCNC3)C1. The van der Waals surface area contributed by atoms with Crippen LogP contribution in [0.4, 0.5) is 0 Å². The molecule has 3 aliphatic rings. The number of rotatable bonds is 2. The fraction of sp³-hybridized carbons (Fsp3) is 0.769. The Morgan fingerprint density at radius 3 is 2.75 bits per heavy atom. The summed E-state index contributed by atoms with van der Waals surface area (Å²) in [5.41, 5.74) is 4.58. The third-order valence-corrected chi connectivity index (χ3v) is 4.38. The Kier molecular flexibility index (Phi) is 1.92. The van der Waals surface area contributed by atoms with E-state index in [-0.39, 0.29) is 0 Å². The zero-order valence-corrected chi connectivity index (χ0v) is 9.71. The van der Waals surface area contributed by atoms with Crippen molar-refractivity contribution in [3.8, 4) is 0 Å². The molecular weight excluding hydrogens is 198 g/mol. The van der Waals surface area contributed by atoms with E-state index in [9.17, 15) is 0 Å². The van der Waals surface area contributed by atoms with Crippen molar-refractivity contribution in [1.29, 1.82) is 0 Å². The largest absolute Gasteiger partial charge is 0.311 e. The highest BCUT2D eigenvalue weighted by Crippen LogP contribution is 2.42. The van der Waals surface area contributed by atoms with Crippen LogP contribution in [0.2, 0.25) is 0 Å². The molecule has 1 aromatic heterocycles. The van der Waals surface area contributed by atoms with Gasteiger partial charge in [-0.05, 0) is 44.2 Å². The molecule has 2 heterocycles. The Labute approximate surface area is 96.2 Å². The average molecular weight is 217 g/mol. The van der Waals surface area contributed by atoms with E-state index in [1.807, 2.05) is 0 Å². The van der Waals surface area contributed by atoms with Crippen LogP contribution in [0.25, 0.3) is 0 Å². The van der Waals surface area contributed by atoms with E-state index in [1.165, 1.54) is 49.9 Å². The van der Waals surface area contributed by atoms with Crippen LogP contribution in [0, 0.1) is 0 Å². The van der Waals surface area contributed by atoms with Crippen LogP contribution in [0.15, 0.2) is 0 Å². The third-order valence-electron chi connectivity index (χ3n) is 4.38. The highest BCUT2D eigenvalue weighted by atomic mass is 15.3. The molecule has 0 amide bonds. The van der Waals surface area contributed by atoms with Crippen molar-refractivity contribution in [1.82, 2.24) is 15.1 Å². The Hall–Kier alpha value is -0.830. The quantitative estimate of drug-likeness (QED) is 0.822. The third kappa shape index (κ3) is 1.27. The lowest BCUT2D eigenvalue weighted by molar-refractivity contribution is 0.404. The zero-order valence-electron chi connectivity index (χ0n) is 9.71. The summed E-state index contributed by atoms with van der Waals surface area (Å²) in [5, 5.41) is 8.44.